The van der Waals surface area contributed by atoms with Crippen LogP contribution in [0, 0.1) is 5.92 Å². The molecule has 0 aliphatic carbocycles. The summed E-state index contributed by atoms with van der Waals surface area (Å²) < 4.78 is 38.1. The van der Waals surface area contributed by atoms with E-state index in [1.807, 2.05) is 5.32 Å². The largest absolute Gasteiger partial charge is 0.417 e. The van der Waals surface area contributed by atoms with Crippen LogP contribution in [-0.4, -0.2) is 28.3 Å². The van der Waals surface area contributed by atoms with Crippen molar-refractivity contribution in [2.24, 2.45) is 5.92 Å². The fraction of sp³-hybridized carbons (Fsp3) is 0.364. The number of imide groups is 1. The number of nitrogens with zero attached hydrogens (tertiary/aromatic N) is 1. The minimum absolute atomic E-state index is 0.306. The Morgan fingerprint density at radius 3 is 2.58 bits per heavy atom. The average molecular weight is 290 g/mol. The molecule has 0 unspecified atom stereocenters. The summed E-state index contributed by atoms with van der Waals surface area (Å²) in [6.07, 6.45) is -2.91. The van der Waals surface area contributed by atoms with Gasteiger partial charge in [0, 0.05) is 23.9 Å². The van der Waals surface area contributed by atoms with Crippen LogP contribution in [-0.2, 0) is 11.0 Å². The molecule has 1 fully saturated rings. The number of aromatic nitrogens is 1. The zero-order valence-electron chi connectivity index (χ0n) is 9.53. The number of rotatable bonds is 2. The molecule has 0 atom stereocenters. The van der Waals surface area contributed by atoms with Gasteiger partial charge in [0.2, 0.25) is 5.91 Å². The molecule has 4 nitrogen and oxygen atoms in total. The maximum absolute atomic E-state index is 12.7. The molecular weight excluding hydrogens is 281 g/mol. The zero-order chi connectivity index (χ0) is 14.0. The number of carbonyl (C=O) groups is 2. The van der Waals surface area contributed by atoms with E-state index in [2.05, 4.69) is 4.98 Å². The minimum Gasteiger partial charge on any atom is -0.292 e. The summed E-state index contributed by atoms with van der Waals surface area (Å²) in [5.74, 6) is -0.751. The van der Waals surface area contributed by atoms with Crippen molar-refractivity contribution in [3.05, 3.63) is 29.6 Å². The minimum atomic E-state index is -4.66. The van der Waals surface area contributed by atoms with Crippen molar-refractivity contribution in [2.45, 2.75) is 6.18 Å². The Labute approximate surface area is 110 Å². The van der Waals surface area contributed by atoms with Crippen molar-refractivity contribution in [1.82, 2.24) is 10.3 Å². The van der Waals surface area contributed by atoms with Gasteiger partial charge in [-0.2, -0.15) is 24.9 Å². The third-order valence-corrected chi connectivity index (χ3v) is 3.89. The van der Waals surface area contributed by atoms with Crippen LogP contribution in [0.2, 0.25) is 0 Å². The molecule has 2 rings (SSSR count). The standard InChI is InChI=1S/C11H9F3N2O2S/c12-11(13,14)8-1-2-15-3-7(8)10(18)16-9(17)6-4-19-5-6/h1-3,6H,4-5H2,(H,16,17,18). The first kappa shape index (κ1) is 13.9. The summed E-state index contributed by atoms with van der Waals surface area (Å²) in [6.45, 7) is 0. The molecule has 1 aliphatic rings. The van der Waals surface area contributed by atoms with E-state index < -0.39 is 29.1 Å². The maximum Gasteiger partial charge on any atom is 0.417 e. The summed E-state index contributed by atoms with van der Waals surface area (Å²) in [5, 5.41) is 1.98. The molecule has 0 radical (unpaired) electrons. The molecule has 2 heterocycles. The first-order chi connectivity index (χ1) is 8.89. The fourth-order valence-electron chi connectivity index (χ4n) is 1.49. The number of hydrogen-bond donors (Lipinski definition) is 1. The average Bonchev–Trinajstić information content (AvgIpc) is 2.25. The molecule has 102 valence electrons. The highest BCUT2D eigenvalue weighted by Crippen LogP contribution is 2.31. The van der Waals surface area contributed by atoms with Gasteiger partial charge in [-0.1, -0.05) is 0 Å². The Bertz CT molecular complexity index is 515. The third kappa shape index (κ3) is 3.06. The van der Waals surface area contributed by atoms with Crippen LogP contribution < -0.4 is 5.32 Å². The first-order valence-electron chi connectivity index (χ1n) is 5.33. The van der Waals surface area contributed by atoms with E-state index in [9.17, 15) is 22.8 Å². The van der Waals surface area contributed by atoms with Crippen LogP contribution in [0.5, 0.6) is 0 Å². The van der Waals surface area contributed by atoms with Crippen molar-refractivity contribution < 1.29 is 22.8 Å². The topological polar surface area (TPSA) is 59.1 Å². The first-order valence-corrected chi connectivity index (χ1v) is 6.49. The van der Waals surface area contributed by atoms with Crippen LogP contribution in [0.25, 0.3) is 0 Å². The van der Waals surface area contributed by atoms with Crippen LogP contribution in [0.4, 0.5) is 13.2 Å². The smallest absolute Gasteiger partial charge is 0.292 e. The van der Waals surface area contributed by atoms with Gasteiger partial charge in [0.25, 0.3) is 5.91 Å². The van der Waals surface area contributed by atoms with Gasteiger partial charge in [-0.15, -0.1) is 0 Å². The predicted octanol–water partition coefficient (Wildman–Crippen LogP) is 1.72. The van der Waals surface area contributed by atoms with E-state index in [-0.39, 0.29) is 5.92 Å². The number of alkyl halides is 3. The van der Waals surface area contributed by atoms with E-state index in [4.69, 9.17) is 0 Å². The van der Waals surface area contributed by atoms with Crippen LogP contribution >= 0.6 is 11.8 Å². The lowest BCUT2D eigenvalue weighted by Gasteiger charge is -2.23. The molecule has 2 amide bonds. The molecule has 1 aliphatic heterocycles. The number of carbonyl (C=O) groups excluding carboxylic acids is 2. The van der Waals surface area contributed by atoms with Gasteiger partial charge in [0.15, 0.2) is 0 Å². The van der Waals surface area contributed by atoms with Crippen LogP contribution in [0.15, 0.2) is 18.5 Å². The molecule has 0 saturated carbocycles. The van der Waals surface area contributed by atoms with Crippen molar-refractivity contribution in [1.29, 1.82) is 0 Å². The van der Waals surface area contributed by atoms with E-state index in [0.29, 0.717) is 17.6 Å². The quantitative estimate of drug-likeness (QED) is 0.843. The highest BCUT2D eigenvalue weighted by Gasteiger charge is 2.36. The Hall–Kier alpha value is -1.57. The lowest BCUT2D eigenvalue weighted by molar-refractivity contribution is -0.138. The van der Waals surface area contributed by atoms with E-state index in [1.54, 1.807) is 0 Å². The fourth-order valence-corrected chi connectivity index (χ4v) is 2.27. The highest BCUT2D eigenvalue weighted by molar-refractivity contribution is 8.00. The number of halogens is 3. The number of pyridine rings is 1. The normalized spacial score (nSPS) is 15.7. The molecule has 8 heteroatoms. The van der Waals surface area contributed by atoms with Crippen molar-refractivity contribution in [3.8, 4) is 0 Å². The second-order valence-electron chi connectivity index (χ2n) is 3.97. The van der Waals surface area contributed by atoms with Gasteiger partial charge >= 0.3 is 6.18 Å². The summed E-state index contributed by atoms with van der Waals surface area (Å²) in [4.78, 5) is 26.7. The summed E-state index contributed by atoms with van der Waals surface area (Å²) >= 11 is 1.54. The van der Waals surface area contributed by atoms with Crippen molar-refractivity contribution >= 4 is 23.6 Å². The lowest BCUT2D eigenvalue weighted by Crippen LogP contribution is -2.41. The summed E-state index contributed by atoms with van der Waals surface area (Å²) in [5.41, 5.74) is -1.74. The molecule has 1 N–H and O–H groups in total. The Balaban J connectivity index is 2.17. The predicted molar refractivity (Wildman–Crippen MR) is 62.5 cm³/mol. The highest BCUT2D eigenvalue weighted by atomic mass is 32.2. The van der Waals surface area contributed by atoms with Gasteiger partial charge in [-0.25, -0.2) is 0 Å². The molecule has 1 aromatic heterocycles. The monoisotopic (exact) mass is 290 g/mol. The van der Waals surface area contributed by atoms with Crippen molar-refractivity contribution in [3.63, 3.8) is 0 Å². The molecule has 0 aromatic carbocycles. The Kier molecular flexibility index (Phi) is 3.79. The van der Waals surface area contributed by atoms with Gasteiger partial charge in [-0.05, 0) is 6.07 Å². The molecule has 0 bridgehead atoms. The molecule has 1 saturated heterocycles. The van der Waals surface area contributed by atoms with Gasteiger partial charge in [0.1, 0.15) is 0 Å². The summed E-state index contributed by atoms with van der Waals surface area (Å²) in [6, 6.07) is 0.707. The number of nitrogens with one attached hydrogen (secondary N) is 1. The molecular formula is C11H9F3N2O2S. The van der Waals surface area contributed by atoms with E-state index in [1.165, 1.54) is 11.8 Å². The SMILES string of the molecule is O=C(NC(=O)C1CSC1)c1cnccc1C(F)(F)F. The Morgan fingerprint density at radius 2 is 2.05 bits per heavy atom. The Morgan fingerprint density at radius 1 is 1.37 bits per heavy atom. The molecule has 19 heavy (non-hydrogen) atoms. The summed E-state index contributed by atoms with van der Waals surface area (Å²) in [7, 11) is 0. The number of hydrogen-bond acceptors (Lipinski definition) is 4. The van der Waals surface area contributed by atoms with Gasteiger partial charge in [0.05, 0.1) is 17.0 Å². The number of thioether (sulfide) groups is 1. The second kappa shape index (κ2) is 5.20. The molecule has 0 spiro atoms. The number of amides is 2. The van der Waals surface area contributed by atoms with Crippen LogP contribution in [0.1, 0.15) is 15.9 Å². The maximum atomic E-state index is 12.7. The third-order valence-electron chi connectivity index (χ3n) is 2.62. The second-order valence-corrected chi connectivity index (χ2v) is 5.05. The molecule has 1 aromatic rings. The zero-order valence-corrected chi connectivity index (χ0v) is 10.3. The van der Waals surface area contributed by atoms with E-state index in [0.717, 1.165) is 12.4 Å². The van der Waals surface area contributed by atoms with Gasteiger partial charge in [-0.3, -0.25) is 19.9 Å². The van der Waals surface area contributed by atoms with Crippen molar-refractivity contribution in [2.75, 3.05) is 11.5 Å². The van der Waals surface area contributed by atoms with Crippen LogP contribution in [0.3, 0.4) is 0 Å². The lowest BCUT2D eigenvalue weighted by atomic mass is 10.1. The van der Waals surface area contributed by atoms with E-state index >= 15 is 0 Å². The van der Waals surface area contributed by atoms with Gasteiger partial charge < -0.3 is 0 Å².